The van der Waals surface area contributed by atoms with Gasteiger partial charge < -0.3 is 10.2 Å². The van der Waals surface area contributed by atoms with Gasteiger partial charge in [-0.15, -0.1) is 0 Å². The Bertz CT molecular complexity index is 1140. The fourth-order valence-electron chi connectivity index (χ4n) is 5.60. The van der Waals surface area contributed by atoms with Crippen LogP contribution < -0.4 is 5.32 Å². The standard InChI is InChI=1S/C30H34ClN3O/c1-33-18-15-30(21-33)16-19-34(22-30)20-24-4-2-23(3-5-24)14-17-32-29(35)27-8-6-25(7-9-27)26-10-12-28(31)13-11-26/h2-13H,14-22H2,1H3,(H,32,35). The molecule has 4 nitrogen and oxygen atoms in total. The number of hydrogen-bond acceptors (Lipinski definition) is 3. The number of benzene rings is 3. The van der Waals surface area contributed by atoms with Crippen molar-refractivity contribution in [2.24, 2.45) is 5.41 Å². The van der Waals surface area contributed by atoms with Crippen LogP contribution in [-0.4, -0.2) is 55.5 Å². The Labute approximate surface area is 213 Å². The maximum absolute atomic E-state index is 12.6. The topological polar surface area (TPSA) is 35.6 Å². The van der Waals surface area contributed by atoms with Gasteiger partial charge in [-0.3, -0.25) is 9.69 Å². The van der Waals surface area contributed by atoms with Crippen molar-refractivity contribution >= 4 is 17.5 Å². The average Bonchev–Trinajstić information content (AvgIpc) is 3.44. The molecule has 2 aliphatic heterocycles. The van der Waals surface area contributed by atoms with Gasteiger partial charge in [0.05, 0.1) is 0 Å². The summed E-state index contributed by atoms with van der Waals surface area (Å²) in [5, 5.41) is 3.77. The van der Waals surface area contributed by atoms with E-state index in [-0.39, 0.29) is 5.91 Å². The molecule has 0 bridgehead atoms. The van der Waals surface area contributed by atoms with E-state index in [1.54, 1.807) is 0 Å². The Balaban J connectivity index is 1.07. The van der Waals surface area contributed by atoms with Crippen molar-refractivity contribution in [2.45, 2.75) is 25.8 Å². The Kier molecular flexibility index (Phi) is 7.24. The fourth-order valence-corrected chi connectivity index (χ4v) is 5.73. The van der Waals surface area contributed by atoms with Crippen LogP contribution in [0.4, 0.5) is 0 Å². The average molecular weight is 488 g/mol. The van der Waals surface area contributed by atoms with Gasteiger partial charge in [0.15, 0.2) is 0 Å². The Morgan fingerprint density at radius 2 is 1.49 bits per heavy atom. The van der Waals surface area contributed by atoms with E-state index in [4.69, 9.17) is 11.6 Å². The molecule has 1 atom stereocenters. The number of rotatable bonds is 7. The maximum atomic E-state index is 12.6. The number of likely N-dealkylation sites (tertiary alicyclic amines) is 2. The van der Waals surface area contributed by atoms with Crippen molar-refractivity contribution in [3.63, 3.8) is 0 Å². The Morgan fingerprint density at radius 1 is 0.857 bits per heavy atom. The van der Waals surface area contributed by atoms with Gasteiger partial charge in [-0.25, -0.2) is 0 Å². The summed E-state index contributed by atoms with van der Waals surface area (Å²) in [6.07, 6.45) is 3.50. The van der Waals surface area contributed by atoms with E-state index in [2.05, 4.69) is 46.4 Å². The normalized spacial score (nSPS) is 20.5. The third kappa shape index (κ3) is 5.95. The molecule has 0 aromatic heterocycles. The van der Waals surface area contributed by atoms with Crippen LogP contribution in [0.1, 0.15) is 34.3 Å². The van der Waals surface area contributed by atoms with E-state index in [9.17, 15) is 4.79 Å². The third-order valence-corrected chi connectivity index (χ3v) is 7.85. The van der Waals surface area contributed by atoms with Crippen LogP contribution in [0.15, 0.2) is 72.8 Å². The molecule has 1 amide bonds. The summed E-state index contributed by atoms with van der Waals surface area (Å²) < 4.78 is 0. The molecule has 5 heteroatoms. The molecule has 1 N–H and O–H groups in total. The first kappa shape index (κ1) is 24.1. The summed E-state index contributed by atoms with van der Waals surface area (Å²) in [5.41, 5.74) is 5.99. The van der Waals surface area contributed by atoms with Crippen LogP contribution in [0.5, 0.6) is 0 Å². The highest BCUT2D eigenvalue weighted by molar-refractivity contribution is 6.30. The highest BCUT2D eigenvalue weighted by Crippen LogP contribution is 2.39. The zero-order valence-electron chi connectivity index (χ0n) is 20.5. The molecule has 182 valence electrons. The van der Waals surface area contributed by atoms with Crippen LogP contribution in [0.3, 0.4) is 0 Å². The zero-order valence-corrected chi connectivity index (χ0v) is 21.2. The molecule has 0 radical (unpaired) electrons. The molecule has 0 aliphatic carbocycles. The predicted molar refractivity (Wildman–Crippen MR) is 144 cm³/mol. The van der Waals surface area contributed by atoms with E-state index < -0.39 is 0 Å². The van der Waals surface area contributed by atoms with Crippen molar-refractivity contribution in [2.75, 3.05) is 39.8 Å². The largest absolute Gasteiger partial charge is 0.352 e. The van der Waals surface area contributed by atoms with Gasteiger partial charge >= 0.3 is 0 Å². The highest BCUT2D eigenvalue weighted by atomic mass is 35.5. The smallest absolute Gasteiger partial charge is 0.251 e. The number of amides is 1. The molecule has 0 saturated carbocycles. The molecule has 3 aromatic rings. The molecular formula is C30H34ClN3O. The molecule has 2 saturated heterocycles. The molecule has 2 fully saturated rings. The quantitative estimate of drug-likeness (QED) is 0.477. The van der Waals surface area contributed by atoms with Crippen molar-refractivity contribution < 1.29 is 4.79 Å². The van der Waals surface area contributed by atoms with Gasteiger partial charge in [0, 0.05) is 36.8 Å². The van der Waals surface area contributed by atoms with E-state index in [0.717, 1.165) is 29.1 Å². The minimum atomic E-state index is -0.0372. The number of halogens is 1. The molecule has 1 unspecified atom stereocenters. The summed E-state index contributed by atoms with van der Waals surface area (Å²) in [6.45, 7) is 6.59. The Morgan fingerprint density at radius 3 is 2.14 bits per heavy atom. The summed E-state index contributed by atoms with van der Waals surface area (Å²) in [6, 6.07) is 24.3. The van der Waals surface area contributed by atoms with Crippen LogP contribution in [0.25, 0.3) is 11.1 Å². The fraction of sp³-hybridized carbons (Fsp3) is 0.367. The second-order valence-electron chi connectivity index (χ2n) is 10.4. The third-order valence-electron chi connectivity index (χ3n) is 7.60. The molecule has 2 heterocycles. The lowest BCUT2D eigenvalue weighted by atomic mass is 9.86. The molecule has 5 rings (SSSR count). The van der Waals surface area contributed by atoms with E-state index in [1.807, 2.05) is 48.5 Å². The van der Waals surface area contributed by atoms with E-state index in [0.29, 0.717) is 17.5 Å². The van der Waals surface area contributed by atoms with E-state index >= 15 is 0 Å². The second kappa shape index (κ2) is 10.5. The van der Waals surface area contributed by atoms with E-state index in [1.165, 1.54) is 50.1 Å². The van der Waals surface area contributed by atoms with Crippen molar-refractivity contribution in [1.29, 1.82) is 0 Å². The molecule has 3 aromatic carbocycles. The monoisotopic (exact) mass is 487 g/mol. The number of carbonyl (C=O) groups is 1. The van der Waals surface area contributed by atoms with Crippen LogP contribution in [0, 0.1) is 5.41 Å². The van der Waals surface area contributed by atoms with Crippen LogP contribution in [0.2, 0.25) is 5.02 Å². The minimum absolute atomic E-state index is 0.0372. The summed E-state index contributed by atoms with van der Waals surface area (Å²) in [4.78, 5) is 17.7. The lowest BCUT2D eigenvalue weighted by molar-refractivity contribution is 0.0954. The lowest BCUT2D eigenvalue weighted by Crippen LogP contribution is -2.29. The minimum Gasteiger partial charge on any atom is -0.352 e. The Hall–Kier alpha value is -2.66. The summed E-state index contributed by atoms with van der Waals surface area (Å²) in [7, 11) is 2.25. The first-order chi connectivity index (χ1) is 17.0. The first-order valence-corrected chi connectivity index (χ1v) is 13.0. The number of hydrogen-bond donors (Lipinski definition) is 1. The van der Waals surface area contributed by atoms with Crippen LogP contribution >= 0.6 is 11.6 Å². The number of nitrogens with one attached hydrogen (secondary N) is 1. The zero-order chi connectivity index (χ0) is 24.3. The van der Waals surface area contributed by atoms with Gasteiger partial charge in [0.1, 0.15) is 0 Å². The highest BCUT2D eigenvalue weighted by Gasteiger charge is 2.42. The summed E-state index contributed by atoms with van der Waals surface area (Å²) in [5.74, 6) is -0.0372. The van der Waals surface area contributed by atoms with Crippen molar-refractivity contribution in [3.8, 4) is 11.1 Å². The van der Waals surface area contributed by atoms with Crippen molar-refractivity contribution in [3.05, 3.63) is 94.5 Å². The van der Waals surface area contributed by atoms with Gasteiger partial charge in [-0.1, -0.05) is 60.1 Å². The maximum Gasteiger partial charge on any atom is 0.251 e. The number of carbonyl (C=O) groups excluding carboxylic acids is 1. The number of nitrogens with zero attached hydrogens (tertiary/aromatic N) is 2. The second-order valence-corrected chi connectivity index (χ2v) is 10.8. The predicted octanol–water partition coefficient (Wildman–Crippen LogP) is 5.51. The SMILES string of the molecule is CN1CCC2(CCN(Cc3ccc(CCNC(=O)c4ccc(-c5ccc(Cl)cc5)cc4)cc3)C2)C1. The molecule has 35 heavy (non-hydrogen) atoms. The lowest BCUT2D eigenvalue weighted by Gasteiger charge is -2.24. The van der Waals surface area contributed by atoms with Gasteiger partial charge in [-0.2, -0.15) is 0 Å². The van der Waals surface area contributed by atoms with Gasteiger partial charge in [0.25, 0.3) is 5.91 Å². The van der Waals surface area contributed by atoms with Crippen LogP contribution in [-0.2, 0) is 13.0 Å². The molecule has 1 spiro atoms. The first-order valence-electron chi connectivity index (χ1n) is 12.6. The van der Waals surface area contributed by atoms with Gasteiger partial charge in [0.2, 0.25) is 0 Å². The summed E-state index contributed by atoms with van der Waals surface area (Å²) >= 11 is 5.97. The molecular weight excluding hydrogens is 454 g/mol. The van der Waals surface area contributed by atoms with Crippen molar-refractivity contribution in [1.82, 2.24) is 15.1 Å². The molecule has 2 aliphatic rings. The van der Waals surface area contributed by atoms with Gasteiger partial charge in [-0.05, 0) is 91.3 Å².